The normalized spacial score (nSPS) is 13.3. The van der Waals surface area contributed by atoms with Gasteiger partial charge in [-0.05, 0) is 36.2 Å². The third-order valence-corrected chi connectivity index (χ3v) is 8.22. The second kappa shape index (κ2) is 9.73. The Balaban J connectivity index is 1.53. The zero-order chi connectivity index (χ0) is 24.4. The summed E-state index contributed by atoms with van der Waals surface area (Å²) >= 11 is 6.25. The fourth-order valence-corrected chi connectivity index (χ4v) is 5.98. The molecular formula is C26H23ClN2O5S. The number of hydrogen-bond acceptors (Lipinski definition) is 5. The van der Waals surface area contributed by atoms with E-state index in [2.05, 4.69) is 4.98 Å². The van der Waals surface area contributed by atoms with Gasteiger partial charge in [-0.2, -0.15) is 4.31 Å². The number of aromatic amines is 1. The molecule has 180 valence electrons. The van der Waals surface area contributed by atoms with Crippen molar-refractivity contribution in [3.63, 3.8) is 0 Å². The number of aromatic nitrogens is 1. The van der Waals surface area contributed by atoms with Crippen molar-refractivity contribution in [1.29, 1.82) is 0 Å². The Morgan fingerprint density at radius 3 is 2.34 bits per heavy atom. The van der Waals surface area contributed by atoms with Gasteiger partial charge < -0.3 is 14.5 Å². The highest BCUT2D eigenvalue weighted by atomic mass is 35.5. The zero-order valence-corrected chi connectivity index (χ0v) is 20.3. The Morgan fingerprint density at radius 1 is 0.914 bits per heavy atom. The number of nitrogens with zero attached hydrogens (tertiary/aromatic N) is 1. The number of H-pyrrole nitrogens is 1. The fraction of sp³-hybridized carbons (Fsp3) is 0.192. The lowest BCUT2D eigenvalue weighted by molar-refractivity contribution is 0.172. The summed E-state index contributed by atoms with van der Waals surface area (Å²) in [7, 11) is -3.98. The smallest absolute Gasteiger partial charge is 0.252 e. The largest absolute Gasteiger partial charge is 0.486 e. The monoisotopic (exact) mass is 510 g/mol. The average molecular weight is 511 g/mol. The topological polar surface area (TPSA) is 88.7 Å². The summed E-state index contributed by atoms with van der Waals surface area (Å²) < 4.78 is 39.8. The van der Waals surface area contributed by atoms with Gasteiger partial charge in [-0.25, -0.2) is 8.42 Å². The van der Waals surface area contributed by atoms with Crippen LogP contribution in [0.15, 0.2) is 82.5 Å². The first kappa shape index (κ1) is 23.4. The highest BCUT2D eigenvalue weighted by molar-refractivity contribution is 7.89. The van der Waals surface area contributed by atoms with Crippen LogP contribution in [0.4, 0.5) is 0 Å². The minimum Gasteiger partial charge on any atom is -0.486 e. The van der Waals surface area contributed by atoms with Crippen molar-refractivity contribution in [2.24, 2.45) is 0 Å². The lowest BCUT2D eigenvalue weighted by Gasteiger charge is -2.23. The molecular weight excluding hydrogens is 488 g/mol. The lowest BCUT2D eigenvalue weighted by Crippen LogP contribution is -2.34. The molecule has 0 spiro atoms. The van der Waals surface area contributed by atoms with Crippen molar-refractivity contribution in [3.8, 4) is 11.5 Å². The van der Waals surface area contributed by atoms with Crippen molar-refractivity contribution >= 4 is 32.5 Å². The summed E-state index contributed by atoms with van der Waals surface area (Å²) in [4.78, 5) is 15.8. The van der Waals surface area contributed by atoms with Crippen LogP contribution in [0.25, 0.3) is 10.9 Å². The van der Waals surface area contributed by atoms with Gasteiger partial charge in [0.05, 0.1) is 10.5 Å². The molecule has 0 radical (unpaired) electrons. The van der Waals surface area contributed by atoms with E-state index < -0.39 is 10.0 Å². The predicted octanol–water partition coefficient (Wildman–Crippen LogP) is 4.39. The van der Waals surface area contributed by atoms with Crippen LogP contribution in [0.5, 0.6) is 11.5 Å². The molecule has 5 rings (SSSR count). The molecule has 0 atom stereocenters. The van der Waals surface area contributed by atoms with Gasteiger partial charge in [0.15, 0.2) is 11.5 Å². The predicted molar refractivity (Wildman–Crippen MR) is 135 cm³/mol. The van der Waals surface area contributed by atoms with Gasteiger partial charge in [0.2, 0.25) is 10.0 Å². The summed E-state index contributed by atoms with van der Waals surface area (Å²) in [5.74, 6) is 1.16. The molecule has 1 aliphatic heterocycles. The molecule has 3 aromatic carbocycles. The highest BCUT2D eigenvalue weighted by Gasteiger charge is 2.27. The van der Waals surface area contributed by atoms with Gasteiger partial charge in [0, 0.05) is 30.1 Å². The Labute approximate surface area is 207 Å². The molecule has 0 saturated heterocycles. The second-order valence-corrected chi connectivity index (χ2v) is 10.5. The molecule has 0 amide bonds. The minimum atomic E-state index is -3.98. The molecule has 0 aliphatic carbocycles. The quantitative estimate of drug-likeness (QED) is 0.398. The van der Waals surface area contributed by atoms with Crippen molar-refractivity contribution in [3.05, 3.63) is 99.3 Å². The van der Waals surface area contributed by atoms with E-state index in [1.807, 2.05) is 30.3 Å². The van der Waals surface area contributed by atoms with Gasteiger partial charge in [-0.15, -0.1) is 0 Å². The van der Waals surface area contributed by atoms with Crippen LogP contribution in [0.2, 0.25) is 5.02 Å². The molecule has 1 aliphatic rings. The number of sulfonamides is 1. The SMILES string of the molecule is O=c1[nH]c2cc3c(cc2cc1CN(CCc1ccccc1)S(=O)(=O)c1ccccc1Cl)OCCO3. The van der Waals surface area contributed by atoms with E-state index in [0.29, 0.717) is 42.2 Å². The molecule has 2 heterocycles. The Morgan fingerprint density at radius 2 is 1.60 bits per heavy atom. The second-order valence-electron chi connectivity index (χ2n) is 8.21. The fourth-order valence-electron chi connectivity index (χ4n) is 4.07. The summed E-state index contributed by atoms with van der Waals surface area (Å²) in [6.45, 7) is 0.950. The molecule has 35 heavy (non-hydrogen) atoms. The van der Waals surface area contributed by atoms with Crippen LogP contribution in [0.3, 0.4) is 0 Å². The summed E-state index contributed by atoms with van der Waals surface area (Å²) in [6.07, 6.45) is 0.481. The third kappa shape index (κ3) is 4.91. The minimum absolute atomic E-state index is 0.00608. The maximum absolute atomic E-state index is 13.6. The van der Waals surface area contributed by atoms with E-state index in [1.54, 1.807) is 30.3 Å². The first-order valence-electron chi connectivity index (χ1n) is 11.2. The molecule has 0 unspecified atom stereocenters. The Hall–Kier alpha value is -3.33. The van der Waals surface area contributed by atoms with Crippen molar-refractivity contribution in [1.82, 2.24) is 9.29 Å². The number of halogens is 1. The average Bonchev–Trinajstić information content (AvgIpc) is 2.86. The summed E-state index contributed by atoms with van der Waals surface area (Å²) in [5, 5.41) is 0.857. The van der Waals surface area contributed by atoms with E-state index in [4.69, 9.17) is 21.1 Å². The van der Waals surface area contributed by atoms with E-state index in [-0.39, 0.29) is 28.6 Å². The molecule has 9 heteroatoms. The number of benzene rings is 3. The highest BCUT2D eigenvalue weighted by Crippen LogP contribution is 2.34. The van der Waals surface area contributed by atoms with Crippen LogP contribution in [-0.2, 0) is 23.0 Å². The summed E-state index contributed by atoms with van der Waals surface area (Å²) in [5.41, 5.74) is 1.53. The number of pyridine rings is 1. The summed E-state index contributed by atoms with van der Waals surface area (Å²) in [6, 6.07) is 21.1. The number of nitrogens with one attached hydrogen (secondary N) is 1. The maximum Gasteiger partial charge on any atom is 0.252 e. The van der Waals surface area contributed by atoms with Gasteiger partial charge in [0.25, 0.3) is 5.56 Å². The molecule has 0 fully saturated rings. The molecule has 0 saturated carbocycles. The number of ether oxygens (including phenoxy) is 2. The molecule has 4 aromatic rings. The standard InChI is InChI=1S/C26H23ClN2O5S/c27-21-8-4-5-9-25(21)35(31,32)29(11-10-18-6-2-1-3-7-18)17-20-14-19-15-23-24(34-13-12-33-23)16-22(19)28-26(20)30/h1-9,14-16H,10-13,17H2,(H,28,30). The Bertz CT molecular complexity index is 1540. The molecule has 7 nitrogen and oxygen atoms in total. The van der Waals surface area contributed by atoms with E-state index in [1.165, 1.54) is 16.4 Å². The molecule has 1 N–H and O–H groups in total. The number of fused-ring (bicyclic) bond motifs is 2. The van der Waals surface area contributed by atoms with Crippen LogP contribution in [-0.4, -0.2) is 37.5 Å². The van der Waals surface area contributed by atoms with Gasteiger partial charge in [-0.1, -0.05) is 54.1 Å². The first-order chi connectivity index (χ1) is 16.9. The Kier molecular flexibility index (Phi) is 6.51. The maximum atomic E-state index is 13.6. The van der Waals surface area contributed by atoms with Crippen LogP contribution in [0.1, 0.15) is 11.1 Å². The van der Waals surface area contributed by atoms with E-state index >= 15 is 0 Å². The van der Waals surface area contributed by atoms with E-state index in [9.17, 15) is 13.2 Å². The molecule has 1 aromatic heterocycles. The number of hydrogen-bond donors (Lipinski definition) is 1. The van der Waals surface area contributed by atoms with Crippen LogP contribution in [0, 0.1) is 0 Å². The lowest BCUT2D eigenvalue weighted by atomic mass is 10.1. The third-order valence-electron chi connectivity index (χ3n) is 5.88. The molecule has 0 bridgehead atoms. The van der Waals surface area contributed by atoms with Gasteiger partial charge in [-0.3, -0.25) is 4.79 Å². The number of rotatable bonds is 7. The first-order valence-corrected chi connectivity index (χ1v) is 13.0. The van der Waals surface area contributed by atoms with Crippen molar-refractivity contribution in [2.45, 2.75) is 17.9 Å². The van der Waals surface area contributed by atoms with Crippen LogP contribution < -0.4 is 15.0 Å². The van der Waals surface area contributed by atoms with Crippen LogP contribution >= 0.6 is 11.6 Å². The zero-order valence-electron chi connectivity index (χ0n) is 18.7. The van der Waals surface area contributed by atoms with Crippen molar-refractivity contribution < 1.29 is 17.9 Å². The van der Waals surface area contributed by atoms with Gasteiger partial charge in [0.1, 0.15) is 18.1 Å². The van der Waals surface area contributed by atoms with E-state index in [0.717, 1.165) is 10.9 Å². The van der Waals surface area contributed by atoms with Gasteiger partial charge >= 0.3 is 0 Å². The van der Waals surface area contributed by atoms with Crippen molar-refractivity contribution in [2.75, 3.05) is 19.8 Å².